The van der Waals surface area contributed by atoms with Crippen molar-refractivity contribution >= 4 is 0 Å². The van der Waals surface area contributed by atoms with Gasteiger partial charge >= 0.3 is 0 Å². The molecule has 13 N–H and O–H groups in total. The second kappa shape index (κ2) is 21.1. The first-order valence-electron chi connectivity index (χ1n) is 26.5. The maximum absolute atomic E-state index is 11.9. The molecule has 9 fully saturated rings. The highest BCUT2D eigenvalue weighted by atomic mass is 16.8. The molecule has 0 aromatic heterocycles. The highest BCUT2D eigenvalue weighted by molar-refractivity contribution is 5.27. The summed E-state index contributed by atoms with van der Waals surface area (Å²) in [7, 11) is 0. The Morgan fingerprint density at radius 1 is 0.603 bits per heavy atom. The first-order chi connectivity index (χ1) is 34.7. The van der Waals surface area contributed by atoms with Gasteiger partial charge in [-0.25, -0.2) is 0 Å². The van der Waals surface area contributed by atoms with Crippen LogP contribution in [0.4, 0.5) is 0 Å². The Hall–Kier alpha value is -1.18. The zero-order chi connectivity index (χ0) is 52.2. The number of allylic oxidation sites excluding steroid dienone is 1. The van der Waals surface area contributed by atoms with E-state index in [1.54, 1.807) is 0 Å². The SMILES string of the molecule is C[C@@H]1CC[C@@]2(OC1)O[C@H]1CC3[C@@H]4CC=C5C[C@@H](O[C@H]6OC(CO)[C@H](O[C@@H]7OC(CO)[C@@H](O)C(O[C@H]8OC[C@@H](O)C(O)C8O)C7O[C@@H]7OC(CO)[C@H](O)C(O)C7O)C(O)C6O)[C@H](O)C[C@]5(C)C4CC[C@]3(C)[C@H]1[C@@H]2C. The molecule has 10 rings (SSSR count). The van der Waals surface area contributed by atoms with E-state index >= 15 is 0 Å². The fourth-order valence-corrected chi connectivity index (χ4v) is 15.3. The van der Waals surface area contributed by atoms with Crippen LogP contribution in [0.1, 0.15) is 79.1 Å². The van der Waals surface area contributed by atoms with Crippen LogP contribution in [-0.4, -0.2) is 240 Å². The lowest BCUT2D eigenvalue weighted by Gasteiger charge is -2.59. The Balaban J connectivity index is 0.837. The minimum Gasteiger partial charge on any atom is -0.394 e. The van der Waals surface area contributed by atoms with Crippen LogP contribution in [0.15, 0.2) is 11.6 Å². The fraction of sp³-hybridized carbons (Fsp3) is 0.960. The number of fused-ring (bicyclic) bond motifs is 7. The van der Waals surface area contributed by atoms with Crippen LogP contribution < -0.4 is 0 Å². The molecule has 4 aliphatic carbocycles. The van der Waals surface area contributed by atoms with Gasteiger partial charge in [-0.15, -0.1) is 0 Å². The number of aliphatic hydroxyl groups is 13. The summed E-state index contributed by atoms with van der Waals surface area (Å²) < 4.78 is 61.0. The average molecular weight is 1050 g/mol. The van der Waals surface area contributed by atoms with Gasteiger partial charge in [0, 0.05) is 12.3 Å². The lowest BCUT2D eigenvalue weighted by Crippen LogP contribution is -2.68. The van der Waals surface area contributed by atoms with Crippen molar-refractivity contribution in [2.24, 2.45) is 46.3 Å². The van der Waals surface area contributed by atoms with Crippen molar-refractivity contribution in [3.63, 3.8) is 0 Å². The van der Waals surface area contributed by atoms with Crippen molar-refractivity contribution in [1.29, 1.82) is 0 Å². The third kappa shape index (κ3) is 9.41. The Morgan fingerprint density at radius 3 is 1.93 bits per heavy atom. The van der Waals surface area contributed by atoms with E-state index in [2.05, 4.69) is 33.8 Å². The molecule has 23 nitrogen and oxygen atoms in total. The summed E-state index contributed by atoms with van der Waals surface area (Å²) in [4.78, 5) is 0. The minimum absolute atomic E-state index is 0.101. The summed E-state index contributed by atoms with van der Waals surface area (Å²) in [6.07, 6.45) is -26.6. The molecule has 0 amide bonds. The monoisotopic (exact) mass is 1050 g/mol. The molecule has 23 heteroatoms. The fourth-order valence-electron chi connectivity index (χ4n) is 15.3. The average Bonchev–Trinajstić information content (AvgIpc) is 3.82. The number of hydrogen-bond donors (Lipinski definition) is 13. The van der Waals surface area contributed by atoms with Crippen LogP contribution in [0, 0.1) is 46.3 Å². The smallest absolute Gasteiger partial charge is 0.187 e. The molecule has 418 valence electrons. The quantitative estimate of drug-likeness (QED) is 0.0898. The maximum Gasteiger partial charge on any atom is 0.187 e. The van der Waals surface area contributed by atoms with Crippen LogP contribution >= 0.6 is 0 Å². The highest BCUT2D eigenvalue weighted by Crippen LogP contribution is 2.71. The van der Waals surface area contributed by atoms with Gasteiger partial charge in [0.25, 0.3) is 0 Å². The van der Waals surface area contributed by atoms with Gasteiger partial charge in [-0.3, -0.25) is 0 Å². The van der Waals surface area contributed by atoms with E-state index < -0.39 is 161 Å². The van der Waals surface area contributed by atoms with Crippen LogP contribution in [0.25, 0.3) is 0 Å². The summed E-state index contributed by atoms with van der Waals surface area (Å²) in [5.74, 6) is 1.91. The van der Waals surface area contributed by atoms with Crippen molar-refractivity contribution in [1.82, 2.24) is 0 Å². The predicted octanol–water partition coefficient (Wildman–Crippen LogP) is -3.38. The molecule has 6 heterocycles. The molecule has 0 aromatic carbocycles. The summed E-state index contributed by atoms with van der Waals surface area (Å²) in [5.41, 5.74) is 0.927. The first kappa shape index (κ1) is 55.1. The zero-order valence-corrected chi connectivity index (χ0v) is 41.8. The maximum atomic E-state index is 11.9. The summed E-state index contributed by atoms with van der Waals surface area (Å²) in [6.45, 7) is 6.89. The molecule has 0 aromatic rings. The Kier molecular flexibility index (Phi) is 16.0. The molecule has 3 saturated carbocycles. The third-order valence-corrected chi connectivity index (χ3v) is 19.5. The lowest BCUT2D eigenvalue weighted by molar-refractivity contribution is -0.404. The number of hydrogen-bond acceptors (Lipinski definition) is 23. The van der Waals surface area contributed by atoms with E-state index in [0.717, 1.165) is 50.7 Å². The van der Waals surface area contributed by atoms with Gasteiger partial charge in [0.1, 0.15) is 91.6 Å². The summed E-state index contributed by atoms with van der Waals surface area (Å²) in [5, 5.41) is 141. The van der Waals surface area contributed by atoms with Crippen LogP contribution in [0.5, 0.6) is 0 Å². The van der Waals surface area contributed by atoms with Gasteiger partial charge in [-0.2, -0.15) is 0 Å². The van der Waals surface area contributed by atoms with Crippen LogP contribution in [0.2, 0.25) is 0 Å². The predicted molar refractivity (Wildman–Crippen MR) is 244 cm³/mol. The Labute approximate surface area is 423 Å². The van der Waals surface area contributed by atoms with Crippen molar-refractivity contribution < 1.29 is 114 Å². The lowest BCUT2D eigenvalue weighted by atomic mass is 9.46. The van der Waals surface area contributed by atoms with Crippen molar-refractivity contribution in [2.75, 3.05) is 33.0 Å². The van der Waals surface area contributed by atoms with E-state index in [0.29, 0.717) is 48.3 Å². The molecule has 0 radical (unpaired) electrons. The Bertz CT molecular complexity index is 1920. The summed E-state index contributed by atoms with van der Waals surface area (Å²) in [6, 6.07) is 0. The molecular formula is C50H80O23. The molecule has 31 atom stereocenters. The van der Waals surface area contributed by atoms with Gasteiger partial charge in [0.05, 0.1) is 51.3 Å². The molecule has 1 spiro atoms. The van der Waals surface area contributed by atoms with Gasteiger partial charge in [-0.1, -0.05) is 39.3 Å². The van der Waals surface area contributed by atoms with Crippen LogP contribution in [-0.2, 0) is 47.4 Å². The topological polar surface area (TPSA) is 355 Å². The molecular weight excluding hydrogens is 969 g/mol. The van der Waals surface area contributed by atoms with Crippen molar-refractivity contribution in [2.45, 2.75) is 220 Å². The molecule has 13 unspecified atom stereocenters. The normalized spacial score (nSPS) is 57.1. The second-order valence-corrected chi connectivity index (χ2v) is 23.6. The number of aliphatic hydroxyl groups excluding tert-OH is 13. The molecule has 0 bridgehead atoms. The standard InChI is InChI=1S/C50H80O23/c1-19-7-10-50(65-17-19)20(2)32-28(73-50)12-24-22-6-5-21-11-27(25(54)13-49(21,4)23(22)8-9-48(24,32)3)66-45-40(63)37(60)41(31(16-53)69-45)70-47-43(72-46-39(62)36(59)34(57)29(14-51)67-46)42(35(58)30(15-52)68-47)71-44-38(61)33(56)26(55)18-64-44/h5,19-20,22-47,51-63H,6-18H2,1-4H3/t19-,20+,22-,23?,24?,25-,26-,27-,28+,29?,30?,31?,32+,33?,34+,35-,36?,37?,38?,39?,40?,41+,42?,43?,44-,45+,46+,47+,48+,49+,50-/m1/s1. The van der Waals surface area contributed by atoms with E-state index in [4.69, 9.17) is 47.4 Å². The molecule has 73 heavy (non-hydrogen) atoms. The molecule has 10 aliphatic rings. The third-order valence-electron chi connectivity index (χ3n) is 19.5. The van der Waals surface area contributed by atoms with E-state index in [-0.39, 0.29) is 16.9 Å². The number of ether oxygens (including phenoxy) is 10. The Morgan fingerprint density at radius 2 is 1.23 bits per heavy atom. The van der Waals surface area contributed by atoms with Gasteiger partial charge in [0.15, 0.2) is 30.9 Å². The highest BCUT2D eigenvalue weighted by Gasteiger charge is 2.69. The van der Waals surface area contributed by atoms with Crippen molar-refractivity contribution in [3.8, 4) is 0 Å². The van der Waals surface area contributed by atoms with E-state index in [9.17, 15) is 66.4 Å². The summed E-state index contributed by atoms with van der Waals surface area (Å²) >= 11 is 0. The van der Waals surface area contributed by atoms with Crippen LogP contribution in [0.3, 0.4) is 0 Å². The zero-order valence-electron chi connectivity index (χ0n) is 41.8. The molecule has 6 aliphatic heterocycles. The minimum atomic E-state index is -2.02. The van der Waals surface area contributed by atoms with Gasteiger partial charge in [0.2, 0.25) is 0 Å². The first-order valence-corrected chi connectivity index (χ1v) is 26.5. The largest absolute Gasteiger partial charge is 0.394 e. The number of rotatable bonds is 11. The molecule has 6 saturated heterocycles. The van der Waals surface area contributed by atoms with Crippen molar-refractivity contribution in [3.05, 3.63) is 11.6 Å². The second-order valence-electron chi connectivity index (χ2n) is 23.6. The van der Waals surface area contributed by atoms with E-state index in [1.807, 2.05) is 0 Å². The van der Waals surface area contributed by atoms with Gasteiger partial charge in [-0.05, 0) is 85.4 Å². The van der Waals surface area contributed by atoms with Gasteiger partial charge < -0.3 is 114 Å². The van der Waals surface area contributed by atoms with E-state index in [1.165, 1.54) is 0 Å².